The average molecular weight is 310 g/mol. The van der Waals surface area contributed by atoms with Crippen LogP contribution in [0.1, 0.15) is 31.7 Å². The molecule has 0 aromatic heterocycles. The van der Waals surface area contributed by atoms with Crippen molar-refractivity contribution in [2.24, 2.45) is 5.73 Å². The number of carbonyl (C=O) groups is 1. The lowest BCUT2D eigenvalue weighted by Gasteiger charge is -2.19. The molecule has 2 atom stereocenters. The molecule has 1 amide bonds. The third kappa shape index (κ3) is 5.51. The molecule has 0 fully saturated rings. The van der Waals surface area contributed by atoms with Gasteiger partial charge < -0.3 is 11.1 Å². The van der Waals surface area contributed by atoms with Gasteiger partial charge in [0.15, 0.2) is 0 Å². The van der Waals surface area contributed by atoms with Crippen molar-refractivity contribution in [3.63, 3.8) is 0 Å². The van der Waals surface area contributed by atoms with Crippen molar-refractivity contribution in [1.29, 1.82) is 0 Å². The maximum absolute atomic E-state index is 12.3. The first-order valence-corrected chi connectivity index (χ1v) is 8.35. The molecule has 3 N–H and O–H groups in total. The second-order valence-electron chi connectivity index (χ2n) is 4.64. The van der Waals surface area contributed by atoms with Crippen LogP contribution in [0.5, 0.6) is 0 Å². The van der Waals surface area contributed by atoms with Crippen molar-refractivity contribution in [2.75, 3.05) is 11.5 Å². The third-order valence-electron chi connectivity index (χ3n) is 2.97. The van der Waals surface area contributed by atoms with Crippen LogP contribution in [0.15, 0.2) is 30.3 Å². The molecule has 1 rings (SSSR count). The number of hydrogen-bond donors (Lipinski definition) is 2. The van der Waals surface area contributed by atoms with Gasteiger partial charge in [-0.3, -0.25) is 4.79 Å². The van der Waals surface area contributed by atoms with Crippen LogP contribution >= 0.6 is 24.0 Å². The third-order valence-corrected chi connectivity index (χ3v) is 4.14. The summed E-state index contributed by atoms with van der Waals surface area (Å²) in [4.78, 5) is 12.6. The first-order chi connectivity index (χ1) is 9.56. The van der Waals surface area contributed by atoms with E-state index in [1.807, 2.05) is 49.0 Å². The van der Waals surface area contributed by atoms with Gasteiger partial charge in [0.2, 0.25) is 5.91 Å². The lowest BCUT2D eigenvalue weighted by Crippen LogP contribution is -2.40. The van der Waals surface area contributed by atoms with Crippen LogP contribution in [0.4, 0.5) is 0 Å². The number of nitrogens with two attached hydrogens (primary N) is 1. The first kappa shape index (κ1) is 17.0. The average Bonchev–Trinajstić information content (AvgIpc) is 2.39. The molecule has 0 aliphatic rings. The standard InChI is InChI=1S/C15H22N2OS2/c1-3-20-10-9-11(2)17-15(18)13(14(16)19)12-7-5-4-6-8-12/h4-8,11,13H,3,9-10H2,1-2H3,(H2,16,19)(H,17,18). The van der Waals surface area contributed by atoms with Crippen LogP contribution in [-0.4, -0.2) is 28.4 Å². The number of thioether (sulfide) groups is 1. The van der Waals surface area contributed by atoms with Gasteiger partial charge in [-0.25, -0.2) is 0 Å². The Labute approximate surface area is 130 Å². The highest BCUT2D eigenvalue weighted by atomic mass is 32.2. The molecular formula is C15H22N2OS2. The van der Waals surface area contributed by atoms with Crippen LogP contribution in [-0.2, 0) is 4.79 Å². The van der Waals surface area contributed by atoms with Gasteiger partial charge in [0.1, 0.15) is 5.92 Å². The molecule has 0 bridgehead atoms. The van der Waals surface area contributed by atoms with E-state index >= 15 is 0 Å². The number of hydrogen-bond acceptors (Lipinski definition) is 3. The Morgan fingerprint density at radius 3 is 2.60 bits per heavy atom. The Hall–Kier alpha value is -1.07. The number of amides is 1. The normalized spacial score (nSPS) is 13.5. The summed E-state index contributed by atoms with van der Waals surface area (Å²) in [5.41, 5.74) is 6.57. The molecule has 2 unspecified atom stereocenters. The van der Waals surface area contributed by atoms with E-state index in [-0.39, 0.29) is 16.9 Å². The van der Waals surface area contributed by atoms with Crippen molar-refractivity contribution in [2.45, 2.75) is 32.2 Å². The van der Waals surface area contributed by atoms with E-state index in [0.29, 0.717) is 0 Å². The Balaban J connectivity index is 2.64. The van der Waals surface area contributed by atoms with E-state index in [0.717, 1.165) is 23.5 Å². The molecule has 3 nitrogen and oxygen atoms in total. The highest BCUT2D eigenvalue weighted by Gasteiger charge is 2.24. The first-order valence-electron chi connectivity index (χ1n) is 6.78. The summed E-state index contributed by atoms with van der Waals surface area (Å²) in [6.45, 7) is 4.14. The van der Waals surface area contributed by atoms with Gasteiger partial charge in [-0.15, -0.1) is 0 Å². The minimum absolute atomic E-state index is 0.113. The second kappa shape index (κ2) is 8.97. The van der Waals surface area contributed by atoms with E-state index in [4.69, 9.17) is 18.0 Å². The molecule has 0 aliphatic heterocycles. The number of rotatable bonds is 8. The van der Waals surface area contributed by atoms with Gasteiger partial charge in [-0.2, -0.15) is 11.8 Å². The van der Waals surface area contributed by atoms with Crippen LogP contribution < -0.4 is 11.1 Å². The Morgan fingerprint density at radius 2 is 2.05 bits per heavy atom. The van der Waals surface area contributed by atoms with Crippen molar-refractivity contribution >= 4 is 34.9 Å². The largest absolute Gasteiger partial charge is 0.392 e. The molecule has 1 aromatic carbocycles. The Morgan fingerprint density at radius 1 is 1.40 bits per heavy atom. The van der Waals surface area contributed by atoms with Crippen molar-refractivity contribution in [3.05, 3.63) is 35.9 Å². The molecule has 5 heteroatoms. The monoisotopic (exact) mass is 310 g/mol. The van der Waals surface area contributed by atoms with Crippen LogP contribution in [0.2, 0.25) is 0 Å². The summed E-state index contributed by atoms with van der Waals surface area (Å²) in [6, 6.07) is 9.55. The van der Waals surface area contributed by atoms with E-state index in [1.165, 1.54) is 0 Å². The van der Waals surface area contributed by atoms with E-state index < -0.39 is 5.92 Å². The molecule has 110 valence electrons. The molecule has 0 radical (unpaired) electrons. The highest BCUT2D eigenvalue weighted by Crippen LogP contribution is 2.17. The van der Waals surface area contributed by atoms with Crippen LogP contribution in [0.3, 0.4) is 0 Å². The zero-order chi connectivity index (χ0) is 15.0. The fourth-order valence-electron chi connectivity index (χ4n) is 1.89. The zero-order valence-corrected chi connectivity index (χ0v) is 13.6. The molecule has 1 aromatic rings. The second-order valence-corrected chi connectivity index (χ2v) is 6.51. The van der Waals surface area contributed by atoms with Gasteiger partial charge in [0.25, 0.3) is 0 Å². The van der Waals surface area contributed by atoms with Gasteiger partial charge >= 0.3 is 0 Å². The molecule has 20 heavy (non-hydrogen) atoms. The zero-order valence-electron chi connectivity index (χ0n) is 12.0. The maximum Gasteiger partial charge on any atom is 0.234 e. The number of nitrogens with one attached hydrogen (secondary N) is 1. The summed E-state index contributed by atoms with van der Waals surface area (Å²) in [5.74, 6) is 1.48. The highest BCUT2D eigenvalue weighted by molar-refractivity contribution is 7.99. The minimum atomic E-state index is -0.549. The smallest absolute Gasteiger partial charge is 0.234 e. The fraction of sp³-hybridized carbons (Fsp3) is 0.467. The van der Waals surface area contributed by atoms with Gasteiger partial charge in [0.05, 0.1) is 4.99 Å². The summed E-state index contributed by atoms with van der Waals surface area (Å²) in [7, 11) is 0. The van der Waals surface area contributed by atoms with Crippen LogP contribution in [0.25, 0.3) is 0 Å². The summed E-state index contributed by atoms with van der Waals surface area (Å²) in [6.07, 6.45) is 0.948. The Kier molecular flexibility index (Phi) is 7.62. The topological polar surface area (TPSA) is 55.1 Å². The predicted octanol–water partition coefficient (Wildman–Crippen LogP) is 2.70. The quantitative estimate of drug-likeness (QED) is 0.572. The summed E-state index contributed by atoms with van der Waals surface area (Å²) in [5, 5.41) is 3.00. The van der Waals surface area contributed by atoms with Gasteiger partial charge in [-0.05, 0) is 30.4 Å². The number of benzene rings is 1. The van der Waals surface area contributed by atoms with Crippen molar-refractivity contribution in [1.82, 2.24) is 5.32 Å². The molecule has 0 spiro atoms. The van der Waals surface area contributed by atoms with E-state index in [9.17, 15) is 4.79 Å². The molecular weight excluding hydrogens is 288 g/mol. The van der Waals surface area contributed by atoms with Crippen molar-refractivity contribution < 1.29 is 4.79 Å². The van der Waals surface area contributed by atoms with E-state index in [2.05, 4.69) is 12.2 Å². The molecule has 0 saturated heterocycles. The van der Waals surface area contributed by atoms with Gasteiger partial charge in [0, 0.05) is 6.04 Å². The number of carbonyl (C=O) groups excluding carboxylic acids is 1. The van der Waals surface area contributed by atoms with Gasteiger partial charge in [-0.1, -0.05) is 49.5 Å². The SMILES string of the molecule is CCSCCC(C)NC(=O)C(C(N)=S)c1ccccc1. The van der Waals surface area contributed by atoms with Crippen molar-refractivity contribution in [3.8, 4) is 0 Å². The van der Waals surface area contributed by atoms with E-state index in [1.54, 1.807) is 0 Å². The minimum Gasteiger partial charge on any atom is -0.392 e. The van der Waals surface area contributed by atoms with Crippen LogP contribution in [0, 0.1) is 0 Å². The molecule has 0 aliphatic carbocycles. The number of thiocarbonyl (C=S) groups is 1. The summed E-state index contributed by atoms with van der Waals surface area (Å²) >= 11 is 6.92. The predicted molar refractivity (Wildman–Crippen MR) is 91.2 cm³/mol. The lowest BCUT2D eigenvalue weighted by atomic mass is 9.98. The maximum atomic E-state index is 12.3. The Bertz CT molecular complexity index is 437. The lowest BCUT2D eigenvalue weighted by molar-refractivity contribution is -0.121. The molecule has 0 saturated carbocycles. The summed E-state index contributed by atoms with van der Waals surface area (Å²) < 4.78 is 0. The fourth-order valence-corrected chi connectivity index (χ4v) is 2.95. The molecule has 0 heterocycles.